The van der Waals surface area contributed by atoms with Crippen molar-refractivity contribution >= 4 is 17.5 Å². The number of amides is 2. The SMILES string of the molecule is CCN(CC)C(=O)c1ccc(NC(=O)Cn2ccc(-c3ccccc3)n2)cc1. The summed E-state index contributed by atoms with van der Waals surface area (Å²) in [5.74, 6) is -0.182. The Morgan fingerprint density at radius 2 is 1.64 bits per heavy atom. The first-order valence-corrected chi connectivity index (χ1v) is 9.38. The van der Waals surface area contributed by atoms with Crippen LogP contribution >= 0.6 is 0 Å². The number of carbonyl (C=O) groups is 2. The molecule has 1 N–H and O–H groups in total. The molecule has 0 atom stereocenters. The number of anilines is 1. The van der Waals surface area contributed by atoms with Gasteiger partial charge in [-0.3, -0.25) is 14.3 Å². The fraction of sp³-hybridized carbons (Fsp3) is 0.227. The fourth-order valence-electron chi connectivity index (χ4n) is 2.95. The van der Waals surface area contributed by atoms with Crippen LogP contribution in [0.25, 0.3) is 11.3 Å². The molecule has 0 spiro atoms. The summed E-state index contributed by atoms with van der Waals surface area (Å²) in [5.41, 5.74) is 3.10. The van der Waals surface area contributed by atoms with Crippen LogP contribution in [0, 0.1) is 0 Å². The second kappa shape index (κ2) is 8.99. The van der Waals surface area contributed by atoms with E-state index in [2.05, 4.69) is 10.4 Å². The van der Waals surface area contributed by atoms with Gasteiger partial charge in [0.15, 0.2) is 0 Å². The van der Waals surface area contributed by atoms with Crippen molar-refractivity contribution < 1.29 is 9.59 Å². The van der Waals surface area contributed by atoms with Crippen LogP contribution in [0.1, 0.15) is 24.2 Å². The quantitative estimate of drug-likeness (QED) is 0.684. The van der Waals surface area contributed by atoms with Crippen LogP contribution in [0.15, 0.2) is 66.9 Å². The van der Waals surface area contributed by atoms with Crippen LogP contribution in [-0.4, -0.2) is 39.6 Å². The summed E-state index contributed by atoms with van der Waals surface area (Å²) in [5, 5.41) is 7.28. The van der Waals surface area contributed by atoms with Gasteiger partial charge in [-0.25, -0.2) is 0 Å². The fourth-order valence-corrected chi connectivity index (χ4v) is 2.95. The highest BCUT2D eigenvalue weighted by Crippen LogP contribution is 2.16. The lowest BCUT2D eigenvalue weighted by Crippen LogP contribution is -2.30. The number of nitrogens with zero attached hydrogens (tertiary/aromatic N) is 3. The number of benzene rings is 2. The average molecular weight is 376 g/mol. The summed E-state index contributed by atoms with van der Waals surface area (Å²) in [6, 6.07) is 18.7. The van der Waals surface area contributed by atoms with E-state index < -0.39 is 0 Å². The van der Waals surface area contributed by atoms with Crippen molar-refractivity contribution in [2.24, 2.45) is 0 Å². The maximum atomic E-state index is 12.3. The number of hydrogen-bond donors (Lipinski definition) is 1. The van der Waals surface area contributed by atoms with E-state index in [-0.39, 0.29) is 18.4 Å². The molecular formula is C22H24N4O2. The van der Waals surface area contributed by atoms with Crippen LogP contribution in [-0.2, 0) is 11.3 Å². The van der Waals surface area contributed by atoms with Crippen molar-refractivity contribution in [2.75, 3.05) is 18.4 Å². The minimum Gasteiger partial charge on any atom is -0.339 e. The molecule has 3 rings (SSSR count). The molecule has 0 aliphatic rings. The molecule has 1 heterocycles. The molecule has 0 unspecified atom stereocenters. The van der Waals surface area contributed by atoms with Crippen LogP contribution in [0.3, 0.4) is 0 Å². The van der Waals surface area contributed by atoms with Crippen molar-refractivity contribution in [1.82, 2.24) is 14.7 Å². The predicted molar refractivity (Wildman–Crippen MR) is 110 cm³/mol. The van der Waals surface area contributed by atoms with Crippen molar-refractivity contribution in [2.45, 2.75) is 20.4 Å². The number of rotatable bonds is 7. The first-order valence-electron chi connectivity index (χ1n) is 9.38. The second-order valence-electron chi connectivity index (χ2n) is 6.37. The predicted octanol–water partition coefficient (Wildman–Crippen LogP) is 3.67. The number of nitrogens with one attached hydrogen (secondary N) is 1. The molecule has 0 saturated carbocycles. The summed E-state index contributed by atoms with van der Waals surface area (Å²) in [4.78, 5) is 26.4. The number of carbonyl (C=O) groups excluding carboxylic acids is 2. The topological polar surface area (TPSA) is 67.2 Å². The van der Waals surface area contributed by atoms with E-state index in [1.165, 1.54) is 0 Å². The third kappa shape index (κ3) is 4.65. The lowest BCUT2D eigenvalue weighted by Gasteiger charge is -2.18. The zero-order valence-corrected chi connectivity index (χ0v) is 16.1. The van der Waals surface area contributed by atoms with Gasteiger partial charge < -0.3 is 10.2 Å². The number of aromatic nitrogens is 2. The highest BCUT2D eigenvalue weighted by Gasteiger charge is 2.12. The van der Waals surface area contributed by atoms with Gasteiger partial charge in [-0.1, -0.05) is 30.3 Å². The Morgan fingerprint density at radius 1 is 0.964 bits per heavy atom. The summed E-state index contributed by atoms with van der Waals surface area (Å²) in [7, 11) is 0. The molecule has 3 aromatic rings. The molecular weight excluding hydrogens is 352 g/mol. The molecule has 1 aromatic heterocycles. The van der Waals surface area contributed by atoms with Crippen molar-refractivity contribution in [3.8, 4) is 11.3 Å². The van der Waals surface area contributed by atoms with Gasteiger partial charge in [0.2, 0.25) is 5.91 Å². The van der Waals surface area contributed by atoms with Gasteiger partial charge in [-0.2, -0.15) is 5.10 Å². The first kappa shape index (κ1) is 19.4. The Balaban J connectivity index is 1.59. The van der Waals surface area contributed by atoms with Gasteiger partial charge in [-0.15, -0.1) is 0 Å². The Morgan fingerprint density at radius 3 is 2.29 bits per heavy atom. The summed E-state index contributed by atoms with van der Waals surface area (Å²) < 4.78 is 1.61. The van der Waals surface area contributed by atoms with Crippen LogP contribution in [0.5, 0.6) is 0 Å². The summed E-state index contributed by atoms with van der Waals surface area (Å²) in [6.07, 6.45) is 1.79. The lowest BCUT2D eigenvalue weighted by atomic mass is 10.1. The summed E-state index contributed by atoms with van der Waals surface area (Å²) in [6.45, 7) is 5.36. The van der Waals surface area contributed by atoms with E-state index in [1.807, 2.05) is 50.2 Å². The molecule has 0 fully saturated rings. The Labute approximate surface area is 164 Å². The smallest absolute Gasteiger partial charge is 0.253 e. The average Bonchev–Trinajstić information content (AvgIpc) is 3.18. The van der Waals surface area contributed by atoms with E-state index in [1.54, 1.807) is 40.0 Å². The molecule has 0 saturated heterocycles. The normalized spacial score (nSPS) is 10.5. The van der Waals surface area contributed by atoms with Crippen LogP contribution in [0.4, 0.5) is 5.69 Å². The molecule has 144 valence electrons. The second-order valence-corrected chi connectivity index (χ2v) is 6.37. The van der Waals surface area contributed by atoms with E-state index in [9.17, 15) is 9.59 Å². The van der Waals surface area contributed by atoms with Gasteiger partial charge in [0, 0.05) is 36.1 Å². The zero-order chi connectivity index (χ0) is 19.9. The highest BCUT2D eigenvalue weighted by molar-refractivity contribution is 5.95. The monoisotopic (exact) mass is 376 g/mol. The zero-order valence-electron chi connectivity index (χ0n) is 16.1. The molecule has 2 aromatic carbocycles. The van der Waals surface area contributed by atoms with E-state index >= 15 is 0 Å². The highest BCUT2D eigenvalue weighted by atomic mass is 16.2. The largest absolute Gasteiger partial charge is 0.339 e. The van der Waals surface area contributed by atoms with Gasteiger partial charge in [0.25, 0.3) is 5.91 Å². The lowest BCUT2D eigenvalue weighted by molar-refractivity contribution is -0.116. The van der Waals surface area contributed by atoms with Gasteiger partial charge >= 0.3 is 0 Å². The van der Waals surface area contributed by atoms with E-state index in [0.29, 0.717) is 24.3 Å². The molecule has 0 bridgehead atoms. The summed E-state index contributed by atoms with van der Waals surface area (Å²) >= 11 is 0. The third-order valence-electron chi connectivity index (χ3n) is 4.48. The van der Waals surface area contributed by atoms with Gasteiger partial charge in [0.1, 0.15) is 6.54 Å². The van der Waals surface area contributed by atoms with Gasteiger partial charge in [0.05, 0.1) is 5.69 Å². The molecule has 2 amide bonds. The van der Waals surface area contributed by atoms with E-state index in [0.717, 1.165) is 11.3 Å². The minimum atomic E-state index is -0.175. The third-order valence-corrected chi connectivity index (χ3v) is 4.48. The van der Waals surface area contributed by atoms with E-state index in [4.69, 9.17) is 0 Å². The Hall–Kier alpha value is -3.41. The molecule has 0 aliphatic carbocycles. The molecule has 6 heteroatoms. The maximum absolute atomic E-state index is 12.3. The maximum Gasteiger partial charge on any atom is 0.253 e. The molecule has 0 radical (unpaired) electrons. The Kier molecular flexibility index (Phi) is 6.22. The Bertz CT molecular complexity index is 929. The molecule has 28 heavy (non-hydrogen) atoms. The van der Waals surface area contributed by atoms with Crippen molar-refractivity contribution in [1.29, 1.82) is 0 Å². The minimum absolute atomic E-state index is 0.00661. The molecule has 0 aliphatic heterocycles. The van der Waals surface area contributed by atoms with Gasteiger partial charge in [-0.05, 0) is 44.2 Å². The molecule has 6 nitrogen and oxygen atoms in total. The van der Waals surface area contributed by atoms with Crippen LogP contribution < -0.4 is 5.32 Å². The van der Waals surface area contributed by atoms with Crippen molar-refractivity contribution in [3.05, 3.63) is 72.4 Å². The van der Waals surface area contributed by atoms with Crippen LogP contribution in [0.2, 0.25) is 0 Å². The first-order chi connectivity index (χ1) is 13.6. The standard InChI is InChI=1S/C22H24N4O2/c1-3-25(4-2)22(28)18-10-12-19(13-11-18)23-21(27)16-26-15-14-20(24-26)17-8-6-5-7-9-17/h5-15H,3-4,16H2,1-2H3,(H,23,27). The number of hydrogen-bond acceptors (Lipinski definition) is 3. The van der Waals surface area contributed by atoms with Crippen molar-refractivity contribution in [3.63, 3.8) is 0 Å².